The van der Waals surface area contributed by atoms with E-state index in [2.05, 4.69) is 38.0 Å². The molecule has 1 heterocycles. The van der Waals surface area contributed by atoms with Gasteiger partial charge in [0.05, 0.1) is 5.52 Å². The Morgan fingerprint density at radius 2 is 2.33 bits per heavy atom. The van der Waals surface area contributed by atoms with Crippen LogP contribution in [0.4, 0.5) is 5.82 Å². The van der Waals surface area contributed by atoms with Gasteiger partial charge in [-0.1, -0.05) is 27.8 Å². The quantitative estimate of drug-likeness (QED) is 0.613. The van der Waals surface area contributed by atoms with Crippen LogP contribution in [0.3, 0.4) is 0 Å². The maximum Gasteiger partial charge on any atom is 0.153 e. The number of H-pyrrole nitrogens is 1. The molecule has 0 saturated heterocycles. The van der Waals surface area contributed by atoms with E-state index in [1.165, 1.54) is 0 Å². The fourth-order valence-corrected chi connectivity index (χ4v) is 1.53. The van der Waals surface area contributed by atoms with E-state index in [9.17, 15) is 0 Å². The second-order valence-electron chi connectivity index (χ2n) is 3.11. The molecule has 3 nitrogen and oxygen atoms in total. The van der Waals surface area contributed by atoms with Crippen LogP contribution in [0.15, 0.2) is 18.2 Å². The number of nitrogens with zero attached hydrogens (tertiary/aromatic N) is 1. The molecule has 0 aliphatic carbocycles. The molecule has 1 aromatic heterocycles. The molecule has 0 aliphatic heterocycles. The Labute approximate surface area is 96.2 Å². The van der Waals surface area contributed by atoms with Crippen molar-refractivity contribution in [2.45, 2.75) is 6.42 Å². The van der Waals surface area contributed by atoms with Gasteiger partial charge < -0.3 is 5.73 Å². The van der Waals surface area contributed by atoms with Crippen molar-refractivity contribution >= 4 is 32.7 Å². The van der Waals surface area contributed by atoms with Crippen molar-refractivity contribution in [2.75, 3.05) is 11.1 Å². The SMILES string of the molecule is Nc1n[nH]c2cc(C#CCCBr)ccc12. The van der Waals surface area contributed by atoms with Gasteiger partial charge in [-0.2, -0.15) is 5.10 Å². The van der Waals surface area contributed by atoms with Gasteiger partial charge in [0.1, 0.15) is 0 Å². The normalized spacial score (nSPS) is 9.93. The summed E-state index contributed by atoms with van der Waals surface area (Å²) in [5.41, 5.74) is 7.57. The van der Waals surface area contributed by atoms with E-state index < -0.39 is 0 Å². The maximum atomic E-state index is 5.66. The summed E-state index contributed by atoms with van der Waals surface area (Å²) in [5, 5.41) is 8.64. The van der Waals surface area contributed by atoms with Crippen LogP contribution in [-0.4, -0.2) is 15.5 Å². The van der Waals surface area contributed by atoms with Gasteiger partial charge in [0.2, 0.25) is 0 Å². The summed E-state index contributed by atoms with van der Waals surface area (Å²) in [6.07, 6.45) is 0.850. The first kappa shape index (κ1) is 10.1. The molecule has 0 atom stereocenters. The largest absolute Gasteiger partial charge is 0.382 e. The second-order valence-corrected chi connectivity index (χ2v) is 3.90. The van der Waals surface area contributed by atoms with Crippen LogP contribution in [0.2, 0.25) is 0 Å². The number of anilines is 1. The molecule has 0 radical (unpaired) electrons. The average Bonchev–Trinajstić information content (AvgIpc) is 2.61. The standard InChI is InChI=1S/C11H10BrN3/c12-6-2-1-3-8-4-5-9-10(7-8)14-15-11(9)13/h4-5,7H,2,6H2,(H3,13,14,15). The first-order chi connectivity index (χ1) is 7.31. The molecule has 0 saturated carbocycles. The van der Waals surface area contributed by atoms with Crippen LogP contribution in [0, 0.1) is 11.8 Å². The molecule has 2 aromatic rings. The summed E-state index contributed by atoms with van der Waals surface area (Å²) in [4.78, 5) is 0. The van der Waals surface area contributed by atoms with E-state index in [-0.39, 0.29) is 0 Å². The molecule has 1 aromatic carbocycles. The summed E-state index contributed by atoms with van der Waals surface area (Å²) in [6.45, 7) is 0. The number of hydrogen-bond acceptors (Lipinski definition) is 2. The van der Waals surface area contributed by atoms with Crippen LogP contribution in [0.25, 0.3) is 10.9 Å². The van der Waals surface area contributed by atoms with Crippen molar-refractivity contribution in [3.63, 3.8) is 0 Å². The lowest BCUT2D eigenvalue weighted by atomic mass is 10.1. The number of benzene rings is 1. The van der Waals surface area contributed by atoms with Gasteiger partial charge in [-0.05, 0) is 18.2 Å². The fraction of sp³-hybridized carbons (Fsp3) is 0.182. The van der Waals surface area contributed by atoms with E-state index in [1.807, 2.05) is 18.2 Å². The van der Waals surface area contributed by atoms with E-state index >= 15 is 0 Å². The number of halogens is 1. The molecule has 0 spiro atoms. The Balaban J connectivity index is 2.36. The van der Waals surface area contributed by atoms with Gasteiger partial charge in [-0.25, -0.2) is 0 Å². The summed E-state index contributed by atoms with van der Waals surface area (Å²) in [7, 11) is 0. The van der Waals surface area contributed by atoms with Gasteiger partial charge in [0.25, 0.3) is 0 Å². The van der Waals surface area contributed by atoms with Crippen molar-refractivity contribution in [2.24, 2.45) is 0 Å². The molecule has 0 amide bonds. The number of hydrogen-bond donors (Lipinski definition) is 2. The topological polar surface area (TPSA) is 54.7 Å². The van der Waals surface area contributed by atoms with Crippen LogP contribution >= 0.6 is 15.9 Å². The maximum absolute atomic E-state index is 5.66. The zero-order chi connectivity index (χ0) is 10.7. The number of nitrogens with two attached hydrogens (primary N) is 1. The van der Waals surface area contributed by atoms with E-state index in [1.54, 1.807) is 0 Å². The minimum atomic E-state index is 0.532. The molecule has 15 heavy (non-hydrogen) atoms. The molecule has 2 rings (SSSR count). The summed E-state index contributed by atoms with van der Waals surface area (Å²) < 4.78 is 0. The average molecular weight is 264 g/mol. The zero-order valence-electron chi connectivity index (χ0n) is 8.05. The van der Waals surface area contributed by atoms with Crippen LogP contribution in [0.1, 0.15) is 12.0 Å². The molecule has 0 fully saturated rings. The van der Waals surface area contributed by atoms with Crippen LogP contribution in [-0.2, 0) is 0 Å². The predicted octanol–water partition coefficient (Wildman–Crippen LogP) is 2.28. The van der Waals surface area contributed by atoms with E-state index in [0.717, 1.165) is 28.2 Å². The summed E-state index contributed by atoms with van der Waals surface area (Å²) in [5.74, 6) is 6.67. The number of aromatic amines is 1. The monoisotopic (exact) mass is 263 g/mol. The minimum Gasteiger partial charge on any atom is -0.382 e. The number of nitrogens with one attached hydrogen (secondary N) is 1. The highest BCUT2D eigenvalue weighted by atomic mass is 79.9. The van der Waals surface area contributed by atoms with E-state index in [4.69, 9.17) is 5.73 Å². The van der Waals surface area contributed by atoms with Gasteiger partial charge in [-0.3, -0.25) is 5.10 Å². The van der Waals surface area contributed by atoms with Crippen molar-refractivity contribution < 1.29 is 0 Å². The number of rotatable bonds is 1. The number of nitrogen functional groups attached to an aromatic ring is 1. The van der Waals surface area contributed by atoms with Gasteiger partial charge in [-0.15, -0.1) is 0 Å². The highest BCUT2D eigenvalue weighted by molar-refractivity contribution is 9.09. The molecule has 0 unspecified atom stereocenters. The Kier molecular flexibility index (Phi) is 2.93. The highest BCUT2D eigenvalue weighted by Gasteiger charge is 2.00. The Morgan fingerprint density at radius 3 is 3.13 bits per heavy atom. The molecule has 3 N–H and O–H groups in total. The second kappa shape index (κ2) is 4.37. The highest BCUT2D eigenvalue weighted by Crippen LogP contribution is 2.18. The Bertz CT molecular complexity index is 533. The van der Waals surface area contributed by atoms with Gasteiger partial charge in [0.15, 0.2) is 5.82 Å². The third-order valence-electron chi connectivity index (χ3n) is 2.04. The first-order valence-corrected chi connectivity index (χ1v) is 5.72. The lowest BCUT2D eigenvalue weighted by molar-refractivity contribution is 1.13. The zero-order valence-corrected chi connectivity index (χ0v) is 9.63. The summed E-state index contributed by atoms with van der Waals surface area (Å²) in [6, 6.07) is 5.85. The Hall–Kier alpha value is -1.47. The van der Waals surface area contributed by atoms with Crippen LogP contribution < -0.4 is 5.73 Å². The van der Waals surface area contributed by atoms with Crippen LogP contribution in [0.5, 0.6) is 0 Å². The molecular formula is C11H10BrN3. The number of aromatic nitrogens is 2. The lowest BCUT2D eigenvalue weighted by Gasteiger charge is -1.91. The third-order valence-corrected chi connectivity index (χ3v) is 2.44. The fourth-order valence-electron chi connectivity index (χ4n) is 1.33. The van der Waals surface area contributed by atoms with E-state index in [0.29, 0.717) is 5.82 Å². The third kappa shape index (κ3) is 2.13. The van der Waals surface area contributed by atoms with Gasteiger partial charge in [0, 0.05) is 22.7 Å². The molecular weight excluding hydrogens is 254 g/mol. The predicted molar refractivity (Wildman–Crippen MR) is 65.8 cm³/mol. The summed E-state index contributed by atoms with van der Waals surface area (Å²) >= 11 is 3.33. The van der Waals surface area contributed by atoms with Gasteiger partial charge >= 0.3 is 0 Å². The Morgan fingerprint density at radius 1 is 1.47 bits per heavy atom. The first-order valence-electron chi connectivity index (χ1n) is 4.59. The number of fused-ring (bicyclic) bond motifs is 1. The van der Waals surface area contributed by atoms with Crippen molar-refractivity contribution in [3.8, 4) is 11.8 Å². The molecule has 4 heteroatoms. The van der Waals surface area contributed by atoms with Crippen molar-refractivity contribution in [3.05, 3.63) is 23.8 Å². The molecule has 0 bridgehead atoms. The molecule has 76 valence electrons. The molecule has 0 aliphatic rings. The minimum absolute atomic E-state index is 0.532. The van der Waals surface area contributed by atoms with Crippen molar-refractivity contribution in [1.29, 1.82) is 0 Å². The van der Waals surface area contributed by atoms with Crippen molar-refractivity contribution in [1.82, 2.24) is 10.2 Å². The lowest BCUT2D eigenvalue weighted by Crippen LogP contribution is -1.83. The number of alkyl halides is 1. The smallest absolute Gasteiger partial charge is 0.153 e.